The molecule has 112 valence electrons. The van der Waals surface area contributed by atoms with Crippen LogP contribution in [0.5, 0.6) is 0 Å². The molecule has 1 atom stereocenters. The van der Waals surface area contributed by atoms with Gasteiger partial charge in [0.2, 0.25) is 0 Å². The number of nitrogens with one attached hydrogen (secondary N) is 1. The van der Waals surface area contributed by atoms with Crippen molar-refractivity contribution in [2.24, 2.45) is 11.8 Å². The molecular weight excluding hydrogens is 252 g/mol. The molecule has 0 amide bonds. The first-order chi connectivity index (χ1) is 9.60. The van der Waals surface area contributed by atoms with Crippen molar-refractivity contribution in [2.45, 2.75) is 33.2 Å². The van der Waals surface area contributed by atoms with Crippen LogP contribution in [0.4, 0.5) is 5.69 Å². The lowest BCUT2D eigenvalue weighted by molar-refractivity contribution is 0.418. The zero-order valence-electron chi connectivity index (χ0n) is 12.8. The van der Waals surface area contributed by atoms with Gasteiger partial charge in [-0.05, 0) is 38.3 Å². The van der Waals surface area contributed by atoms with Crippen LogP contribution in [-0.4, -0.2) is 36.5 Å². The summed E-state index contributed by atoms with van der Waals surface area (Å²) >= 11 is 0. The van der Waals surface area contributed by atoms with Crippen LogP contribution in [0.1, 0.15) is 26.7 Å². The summed E-state index contributed by atoms with van der Waals surface area (Å²) in [5.41, 5.74) is 0.975. The normalized spacial score (nSPS) is 18.2. The summed E-state index contributed by atoms with van der Waals surface area (Å²) in [4.78, 5) is 14.4. The van der Waals surface area contributed by atoms with E-state index in [0.717, 1.165) is 31.2 Å². The third-order valence-electron chi connectivity index (χ3n) is 4.04. The third kappa shape index (κ3) is 3.82. The average molecular weight is 278 g/mol. The standard InChI is InChI=1S/C15H26N4O/c1-12-4-6-18(7-5-12)14-8-15(20)19(17-10-14)11-13(2)9-16-3/h8,10,12-13,16H,4-7,9,11H2,1-3H3. The molecule has 2 heterocycles. The quantitative estimate of drug-likeness (QED) is 0.883. The highest BCUT2D eigenvalue weighted by Crippen LogP contribution is 2.20. The molecule has 1 N–H and O–H groups in total. The minimum Gasteiger partial charge on any atom is -0.370 e. The number of piperidine rings is 1. The SMILES string of the molecule is CNCC(C)Cn1ncc(N2CCC(C)CC2)cc1=O. The van der Waals surface area contributed by atoms with E-state index in [-0.39, 0.29) is 5.56 Å². The Morgan fingerprint density at radius 3 is 2.75 bits per heavy atom. The van der Waals surface area contributed by atoms with E-state index in [1.807, 2.05) is 13.2 Å². The molecule has 0 aliphatic carbocycles. The first-order valence-electron chi connectivity index (χ1n) is 7.57. The molecule has 1 saturated heterocycles. The Morgan fingerprint density at radius 2 is 2.15 bits per heavy atom. The highest BCUT2D eigenvalue weighted by molar-refractivity contribution is 5.43. The summed E-state index contributed by atoms with van der Waals surface area (Å²) in [6.45, 7) is 8.02. The van der Waals surface area contributed by atoms with E-state index >= 15 is 0 Å². The van der Waals surface area contributed by atoms with Gasteiger partial charge in [0.25, 0.3) is 5.56 Å². The van der Waals surface area contributed by atoms with Gasteiger partial charge in [-0.2, -0.15) is 5.10 Å². The molecule has 1 aliphatic heterocycles. The number of rotatable bonds is 5. The largest absolute Gasteiger partial charge is 0.370 e. The lowest BCUT2D eigenvalue weighted by Gasteiger charge is -2.31. The molecule has 20 heavy (non-hydrogen) atoms. The Bertz CT molecular complexity index is 477. The van der Waals surface area contributed by atoms with Crippen LogP contribution < -0.4 is 15.8 Å². The summed E-state index contributed by atoms with van der Waals surface area (Å²) in [6, 6.07) is 1.73. The molecule has 1 fully saturated rings. The lowest BCUT2D eigenvalue weighted by Crippen LogP contribution is -2.35. The maximum absolute atomic E-state index is 12.1. The van der Waals surface area contributed by atoms with Gasteiger partial charge in [0.05, 0.1) is 11.9 Å². The van der Waals surface area contributed by atoms with Gasteiger partial charge in [-0.25, -0.2) is 4.68 Å². The summed E-state index contributed by atoms with van der Waals surface area (Å²) in [7, 11) is 1.92. The van der Waals surface area contributed by atoms with Crippen molar-refractivity contribution < 1.29 is 0 Å². The van der Waals surface area contributed by atoms with Crippen molar-refractivity contribution in [1.29, 1.82) is 0 Å². The van der Waals surface area contributed by atoms with Crippen LogP contribution in [0.25, 0.3) is 0 Å². The van der Waals surface area contributed by atoms with Crippen LogP contribution in [0, 0.1) is 11.8 Å². The number of hydrogen-bond donors (Lipinski definition) is 1. The average Bonchev–Trinajstić information content (AvgIpc) is 2.42. The van der Waals surface area contributed by atoms with Crippen molar-refractivity contribution >= 4 is 5.69 Å². The number of aromatic nitrogens is 2. The lowest BCUT2D eigenvalue weighted by atomic mass is 9.99. The Labute approximate surface area is 121 Å². The second-order valence-corrected chi connectivity index (χ2v) is 6.07. The van der Waals surface area contributed by atoms with Crippen molar-refractivity contribution in [3.8, 4) is 0 Å². The molecule has 0 bridgehead atoms. The topological polar surface area (TPSA) is 50.2 Å². The second kappa shape index (κ2) is 6.88. The first-order valence-corrected chi connectivity index (χ1v) is 7.57. The molecule has 2 rings (SSSR count). The molecule has 5 nitrogen and oxygen atoms in total. The van der Waals surface area contributed by atoms with E-state index in [2.05, 4.69) is 29.2 Å². The highest BCUT2D eigenvalue weighted by atomic mass is 16.1. The zero-order chi connectivity index (χ0) is 14.5. The predicted octanol–water partition coefficient (Wildman–Crippen LogP) is 1.34. The minimum absolute atomic E-state index is 0.00377. The monoisotopic (exact) mass is 278 g/mol. The maximum atomic E-state index is 12.1. The summed E-state index contributed by atoms with van der Waals surface area (Å²) < 4.78 is 1.57. The molecule has 0 aromatic carbocycles. The van der Waals surface area contributed by atoms with E-state index in [1.54, 1.807) is 10.7 Å². The Morgan fingerprint density at radius 1 is 1.45 bits per heavy atom. The fraction of sp³-hybridized carbons (Fsp3) is 0.733. The van der Waals surface area contributed by atoms with E-state index in [4.69, 9.17) is 0 Å². The van der Waals surface area contributed by atoms with Crippen molar-refractivity contribution in [2.75, 3.05) is 31.6 Å². The molecule has 1 aromatic rings. The predicted molar refractivity (Wildman–Crippen MR) is 82.2 cm³/mol. The van der Waals surface area contributed by atoms with Gasteiger partial charge < -0.3 is 10.2 Å². The Kier molecular flexibility index (Phi) is 5.17. The van der Waals surface area contributed by atoms with Crippen molar-refractivity contribution in [1.82, 2.24) is 15.1 Å². The van der Waals surface area contributed by atoms with E-state index < -0.39 is 0 Å². The van der Waals surface area contributed by atoms with Crippen molar-refractivity contribution in [3.63, 3.8) is 0 Å². The first kappa shape index (κ1) is 15.0. The van der Waals surface area contributed by atoms with E-state index in [0.29, 0.717) is 12.5 Å². The minimum atomic E-state index is 0.00377. The molecule has 0 saturated carbocycles. The fourth-order valence-electron chi connectivity index (χ4n) is 2.71. The molecule has 0 spiro atoms. The fourth-order valence-corrected chi connectivity index (χ4v) is 2.71. The van der Waals surface area contributed by atoms with E-state index in [1.165, 1.54) is 12.8 Å². The molecule has 5 heteroatoms. The second-order valence-electron chi connectivity index (χ2n) is 6.07. The summed E-state index contributed by atoms with van der Waals surface area (Å²) in [6.07, 6.45) is 4.23. The molecular formula is C15H26N4O. The van der Waals surface area contributed by atoms with Gasteiger partial charge in [-0.15, -0.1) is 0 Å². The number of nitrogens with zero attached hydrogens (tertiary/aromatic N) is 3. The van der Waals surface area contributed by atoms with Gasteiger partial charge in [0.15, 0.2) is 0 Å². The highest BCUT2D eigenvalue weighted by Gasteiger charge is 2.17. The van der Waals surface area contributed by atoms with Gasteiger partial charge in [-0.3, -0.25) is 4.79 Å². The zero-order valence-corrected chi connectivity index (χ0v) is 12.8. The smallest absolute Gasteiger partial charge is 0.268 e. The Hall–Kier alpha value is -1.36. The maximum Gasteiger partial charge on any atom is 0.268 e. The Balaban J connectivity index is 2.04. The summed E-state index contributed by atoms with van der Waals surface area (Å²) in [5, 5.41) is 7.45. The van der Waals surface area contributed by atoms with Crippen LogP contribution in [-0.2, 0) is 6.54 Å². The van der Waals surface area contributed by atoms with Gasteiger partial charge >= 0.3 is 0 Å². The van der Waals surface area contributed by atoms with Crippen LogP contribution in [0.2, 0.25) is 0 Å². The molecule has 1 aliphatic rings. The van der Waals surface area contributed by atoms with Gasteiger partial charge in [0, 0.05) is 25.7 Å². The summed E-state index contributed by atoms with van der Waals surface area (Å²) in [5.74, 6) is 1.19. The van der Waals surface area contributed by atoms with E-state index in [9.17, 15) is 4.79 Å². The van der Waals surface area contributed by atoms with Crippen LogP contribution in [0.3, 0.4) is 0 Å². The molecule has 1 unspecified atom stereocenters. The van der Waals surface area contributed by atoms with Crippen molar-refractivity contribution in [3.05, 3.63) is 22.6 Å². The number of anilines is 1. The van der Waals surface area contributed by atoms with Gasteiger partial charge in [-0.1, -0.05) is 13.8 Å². The van der Waals surface area contributed by atoms with Crippen LogP contribution >= 0.6 is 0 Å². The van der Waals surface area contributed by atoms with Crippen LogP contribution in [0.15, 0.2) is 17.1 Å². The molecule has 0 radical (unpaired) electrons. The molecule has 1 aromatic heterocycles. The third-order valence-corrected chi connectivity index (χ3v) is 4.04. The number of hydrogen-bond acceptors (Lipinski definition) is 4. The van der Waals surface area contributed by atoms with Gasteiger partial charge in [0.1, 0.15) is 0 Å².